The molecule has 9 heteroatoms. The number of methoxy groups -OCH3 is 1. The maximum Gasteiger partial charge on any atom is 0.257 e. The Morgan fingerprint density at radius 3 is 2.79 bits per heavy atom. The van der Waals surface area contributed by atoms with Gasteiger partial charge in [-0.15, -0.1) is 0 Å². The molecule has 1 saturated heterocycles. The molecule has 2 aliphatic heterocycles. The fraction of sp³-hybridized carbons (Fsp3) is 0.250. The fourth-order valence-corrected chi connectivity index (χ4v) is 4.49. The lowest BCUT2D eigenvalue weighted by molar-refractivity contribution is 0.0732. The summed E-state index contributed by atoms with van der Waals surface area (Å²) in [5.74, 6) is 0.0620. The molecule has 170 valence electrons. The first-order valence-corrected chi connectivity index (χ1v) is 11.1. The minimum Gasteiger partial charge on any atom is -0.496 e. The lowest BCUT2D eigenvalue weighted by Gasteiger charge is -2.30. The number of carbonyl (C=O) groups excluding carboxylic acids is 1. The number of aliphatic imine (C=N–C) groups is 1. The van der Waals surface area contributed by atoms with Gasteiger partial charge in [-0.25, -0.2) is 4.39 Å². The summed E-state index contributed by atoms with van der Waals surface area (Å²) >= 11 is 6.72. The number of hydrogen-bond acceptors (Lipinski definition) is 5. The van der Waals surface area contributed by atoms with Crippen molar-refractivity contribution in [1.82, 2.24) is 15.2 Å². The summed E-state index contributed by atoms with van der Waals surface area (Å²) in [4.78, 5) is 24.5. The molecule has 0 radical (unpaired) electrons. The van der Waals surface area contributed by atoms with Crippen molar-refractivity contribution in [1.29, 1.82) is 0 Å². The number of ether oxygens (including phenoxy) is 1. The largest absolute Gasteiger partial charge is 0.496 e. The first-order valence-electron chi connectivity index (χ1n) is 10.7. The van der Waals surface area contributed by atoms with Gasteiger partial charge < -0.3 is 24.8 Å². The van der Waals surface area contributed by atoms with Crippen molar-refractivity contribution in [3.05, 3.63) is 64.7 Å². The molecule has 2 aromatic carbocycles. The zero-order valence-corrected chi connectivity index (χ0v) is 18.8. The third-order valence-corrected chi connectivity index (χ3v) is 6.21. The molecule has 0 bridgehead atoms. The lowest BCUT2D eigenvalue weighted by Crippen LogP contribution is -2.46. The van der Waals surface area contributed by atoms with Crippen molar-refractivity contribution in [2.75, 3.05) is 44.7 Å². The van der Waals surface area contributed by atoms with Crippen LogP contribution in [0.2, 0.25) is 5.02 Å². The summed E-state index contributed by atoms with van der Waals surface area (Å²) in [6.07, 6.45) is 3.50. The predicted molar refractivity (Wildman–Crippen MR) is 129 cm³/mol. The fourth-order valence-electron chi connectivity index (χ4n) is 4.23. The van der Waals surface area contributed by atoms with E-state index in [0.29, 0.717) is 41.7 Å². The second-order valence-electron chi connectivity index (χ2n) is 7.92. The van der Waals surface area contributed by atoms with Gasteiger partial charge in [0, 0.05) is 49.4 Å². The number of hydrogen-bond donors (Lipinski definition) is 2. The standard InChI is InChI=1S/C24H23ClFN5O2/c1-33-23-13-21(18(25)12-17(23)24(32)30-7-4-27-5-8-30)31-9-6-28-14-22(31)20-11-15-10-16(26)2-3-19(15)29-20/h2-3,6,10-14,27,29H,4-5,7-9H2,1H3. The SMILES string of the molecule is COc1cc(N2CC=NC=C2c2cc3cc(F)ccc3[nH]2)c(Cl)cc1C(=O)N1CCNCC1. The highest BCUT2D eigenvalue weighted by atomic mass is 35.5. The number of anilines is 1. The van der Waals surface area contributed by atoms with Crippen LogP contribution in [0.5, 0.6) is 5.75 Å². The quantitative estimate of drug-likeness (QED) is 0.610. The van der Waals surface area contributed by atoms with E-state index >= 15 is 0 Å². The number of aromatic nitrogens is 1. The monoisotopic (exact) mass is 467 g/mol. The van der Waals surface area contributed by atoms with Gasteiger partial charge in [-0.1, -0.05) is 11.6 Å². The average molecular weight is 468 g/mol. The molecular formula is C24H23ClFN5O2. The molecule has 0 atom stereocenters. The molecule has 0 unspecified atom stereocenters. The van der Waals surface area contributed by atoms with Crippen LogP contribution in [-0.4, -0.2) is 61.8 Å². The average Bonchev–Trinajstić information content (AvgIpc) is 3.27. The maximum absolute atomic E-state index is 13.7. The minimum atomic E-state index is -0.293. The van der Waals surface area contributed by atoms with E-state index in [1.165, 1.54) is 12.1 Å². The molecule has 7 nitrogen and oxygen atoms in total. The third kappa shape index (κ3) is 4.07. The highest BCUT2D eigenvalue weighted by Crippen LogP contribution is 2.38. The molecule has 3 heterocycles. The molecule has 5 rings (SSSR count). The van der Waals surface area contributed by atoms with E-state index in [9.17, 15) is 9.18 Å². The number of amides is 1. The van der Waals surface area contributed by atoms with Crippen molar-refractivity contribution in [2.24, 2.45) is 4.99 Å². The van der Waals surface area contributed by atoms with E-state index < -0.39 is 0 Å². The van der Waals surface area contributed by atoms with E-state index in [1.807, 2.05) is 11.0 Å². The molecule has 1 fully saturated rings. The minimum absolute atomic E-state index is 0.101. The third-order valence-electron chi connectivity index (χ3n) is 5.91. The number of piperazine rings is 1. The zero-order valence-electron chi connectivity index (χ0n) is 18.1. The molecule has 2 aliphatic rings. The molecule has 0 spiro atoms. The van der Waals surface area contributed by atoms with Crippen LogP contribution >= 0.6 is 11.6 Å². The van der Waals surface area contributed by atoms with Crippen LogP contribution in [-0.2, 0) is 0 Å². The van der Waals surface area contributed by atoms with Gasteiger partial charge in [0.05, 0.1) is 47.5 Å². The van der Waals surface area contributed by atoms with Crippen LogP contribution < -0.4 is 15.0 Å². The summed E-state index contributed by atoms with van der Waals surface area (Å²) in [6.45, 7) is 3.27. The van der Waals surface area contributed by atoms with Gasteiger partial charge in [0.15, 0.2) is 0 Å². The van der Waals surface area contributed by atoms with Gasteiger partial charge in [-0.3, -0.25) is 9.79 Å². The predicted octanol–water partition coefficient (Wildman–Crippen LogP) is 3.90. The summed E-state index contributed by atoms with van der Waals surface area (Å²) in [6, 6.07) is 9.95. The van der Waals surface area contributed by atoms with Crippen LogP contribution in [0.15, 0.2) is 47.6 Å². The Morgan fingerprint density at radius 2 is 2.00 bits per heavy atom. The molecule has 1 amide bonds. The number of nitrogens with one attached hydrogen (secondary N) is 2. The molecular weight excluding hydrogens is 445 g/mol. The van der Waals surface area contributed by atoms with Gasteiger partial charge >= 0.3 is 0 Å². The Morgan fingerprint density at radius 1 is 1.18 bits per heavy atom. The number of benzene rings is 2. The Labute approximate surface area is 195 Å². The molecule has 0 saturated carbocycles. The van der Waals surface area contributed by atoms with Crippen LogP contribution in [0.1, 0.15) is 16.1 Å². The molecule has 2 N–H and O–H groups in total. The van der Waals surface area contributed by atoms with Crippen molar-refractivity contribution < 1.29 is 13.9 Å². The van der Waals surface area contributed by atoms with Crippen LogP contribution in [0.4, 0.5) is 10.1 Å². The Kier molecular flexibility index (Phi) is 5.78. The Balaban J connectivity index is 1.52. The maximum atomic E-state index is 13.7. The summed E-state index contributed by atoms with van der Waals surface area (Å²) in [7, 11) is 1.54. The molecule has 1 aromatic heterocycles. The number of halogens is 2. The van der Waals surface area contributed by atoms with Gasteiger partial charge in [-0.05, 0) is 30.3 Å². The Hall–Kier alpha value is -3.36. The molecule has 0 aliphatic carbocycles. The molecule has 3 aromatic rings. The summed E-state index contributed by atoms with van der Waals surface area (Å²) in [5, 5.41) is 4.44. The number of nitrogens with zero attached hydrogens (tertiary/aromatic N) is 3. The zero-order chi connectivity index (χ0) is 22.9. The smallest absolute Gasteiger partial charge is 0.257 e. The van der Waals surface area contributed by atoms with E-state index in [2.05, 4.69) is 15.3 Å². The summed E-state index contributed by atoms with van der Waals surface area (Å²) < 4.78 is 19.3. The van der Waals surface area contributed by atoms with E-state index in [1.54, 1.807) is 42.6 Å². The van der Waals surface area contributed by atoms with E-state index in [-0.39, 0.29) is 11.7 Å². The second kappa shape index (κ2) is 8.88. The van der Waals surface area contributed by atoms with Gasteiger partial charge in [0.2, 0.25) is 0 Å². The van der Waals surface area contributed by atoms with Gasteiger partial charge in [0.1, 0.15) is 11.6 Å². The number of aromatic amines is 1. The van der Waals surface area contributed by atoms with Gasteiger partial charge in [0.25, 0.3) is 5.91 Å². The molecule has 33 heavy (non-hydrogen) atoms. The van der Waals surface area contributed by atoms with Crippen molar-refractivity contribution in [3.8, 4) is 5.75 Å². The number of carbonyl (C=O) groups is 1. The first kappa shape index (κ1) is 21.5. The number of H-pyrrole nitrogens is 1. The van der Waals surface area contributed by atoms with E-state index in [4.69, 9.17) is 16.3 Å². The van der Waals surface area contributed by atoms with Crippen molar-refractivity contribution >= 4 is 46.0 Å². The second-order valence-corrected chi connectivity index (χ2v) is 8.32. The van der Waals surface area contributed by atoms with Gasteiger partial charge in [-0.2, -0.15) is 0 Å². The van der Waals surface area contributed by atoms with Crippen molar-refractivity contribution in [2.45, 2.75) is 0 Å². The first-order chi connectivity index (χ1) is 16.0. The van der Waals surface area contributed by atoms with Crippen LogP contribution in [0.25, 0.3) is 16.6 Å². The Bertz CT molecular complexity index is 1280. The summed E-state index contributed by atoms with van der Waals surface area (Å²) in [5.41, 5.74) is 3.50. The number of rotatable bonds is 4. The van der Waals surface area contributed by atoms with E-state index in [0.717, 1.165) is 35.4 Å². The lowest BCUT2D eigenvalue weighted by atomic mass is 10.1. The highest BCUT2D eigenvalue weighted by Gasteiger charge is 2.26. The highest BCUT2D eigenvalue weighted by molar-refractivity contribution is 6.34. The van der Waals surface area contributed by atoms with Crippen molar-refractivity contribution in [3.63, 3.8) is 0 Å². The number of fused-ring (bicyclic) bond motifs is 1. The van der Waals surface area contributed by atoms with Crippen LogP contribution in [0, 0.1) is 5.82 Å². The topological polar surface area (TPSA) is 73.0 Å². The normalized spacial score (nSPS) is 16.3. The van der Waals surface area contributed by atoms with Crippen LogP contribution in [0.3, 0.4) is 0 Å².